The summed E-state index contributed by atoms with van der Waals surface area (Å²) in [4.78, 5) is 24.4. The van der Waals surface area contributed by atoms with E-state index < -0.39 is 17.7 Å². The number of amides is 1. The number of fused-ring (bicyclic) bond motifs is 1. The number of nitrogens with one attached hydrogen (secondary N) is 1. The summed E-state index contributed by atoms with van der Waals surface area (Å²) in [6.07, 6.45) is 1.44. The van der Waals surface area contributed by atoms with Gasteiger partial charge in [0.05, 0.1) is 36.4 Å². The number of ether oxygens (including phenoxy) is 2. The molecule has 29 heavy (non-hydrogen) atoms. The van der Waals surface area contributed by atoms with Crippen LogP contribution in [0.5, 0.6) is 5.75 Å². The van der Waals surface area contributed by atoms with Crippen molar-refractivity contribution in [3.05, 3.63) is 58.5 Å². The van der Waals surface area contributed by atoms with Gasteiger partial charge in [-0.1, -0.05) is 11.6 Å². The molecular weight excluding hydrogens is 399 g/mol. The summed E-state index contributed by atoms with van der Waals surface area (Å²) in [6, 6.07) is 7.82. The second-order valence-corrected chi connectivity index (χ2v) is 6.80. The van der Waals surface area contributed by atoms with Gasteiger partial charge in [0.25, 0.3) is 5.91 Å². The number of aryl methyl sites for hydroxylation is 1. The average molecular weight is 419 g/mol. The van der Waals surface area contributed by atoms with Crippen LogP contribution < -0.4 is 10.1 Å². The van der Waals surface area contributed by atoms with Crippen molar-refractivity contribution in [3.8, 4) is 5.75 Å². The number of methoxy groups -OCH3 is 1. The average Bonchev–Trinajstić information content (AvgIpc) is 3.02. The highest BCUT2D eigenvalue weighted by molar-refractivity contribution is 6.34. The van der Waals surface area contributed by atoms with Crippen molar-refractivity contribution in [2.24, 2.45) is 7.05 Å². The lowest BCUT2D eigenvalue weighted by molar-refractivity contribution is -0.142. The first-order valence-corrected chi connectivity index (χ1v) is 9.29. The van der Waals surface area contributed by atoms with Gasteiger partial charge in [-0.15, -0.1) is 0 Å². The Bertz CT molecular complexity index is 1090. The van der Waals surface area contributed by atoms with Gasteiger partial charge in [0.2, 0.25) is 0 Å². The number of nitrogens with zero attached hydrogens (tertiary/aromatic N) is 1. The van der Waals surface area contributed by atoms with Crippen molar-refractivity contribution in [1.82, 2.24) is 4.57 Å². The molecule has 3 aromatic rings. The molecule has 0 spiro atoms. The zero-order chi connectivity index (χ0) is 21.1. The fourth-order valence-electron chi connectivity index (χ4n) is 3.06. The number of esters is 1. The molecule has 8 heteroatoms. The second-order valence-electron chi connectivity index (χ2n) is 6.40. The first-order chi connectivity index (χ1) is 13.8. The van der Waals surface area contributed by atoms with Crippen molar-refractivity contribution in [2.45, 2.75) is 13.3 Å². The number of halogens is 2. The van der Waals surface area contributed by atoms with Crippen LogP contribution in [-0.4, -0.2) is 30.2 Å². The first-order valence-electron chi connectivity index (χ1n) is 8.92. The Kier molecular flexibility index (Phi) is 6.08. The van der Waals surface area contributed by atoms with E-state index in [0.717, 1.165) is 11.6 Å². The lowest BCUT2D eigenvalue weighted by Crippen LogP contribution is -2.13. The predicted octanol–water partition coefficient (Wildman–Crippen LogP) is 4.34. The van der Waals surface area contributed by atoms with Crippen molar-refractivity contribution in [2.75, 3.05) is 19.0 Å². The number of anilines is 1. The second kappa shape index (κ2) is 8.53. The van der Waals surface area contributed by atoms with Crippen molar-refractivity contribution >= 4 is 40.1 Å². The molecule has 0 atom stereocenters. The summed E-state index contributed by atoms with van der Waals surface area (Å²) < 4.78 is 26.3. The van der Waals surface area contributed by atoms with Gasteiger partial charge in [-0.2, -0.15) is 0 Å². The van der Waals surface area contributed by atoms with Crippen LogP contribution >= 0.6 is 11.6 Å². The molecule has 0 bridgehead atoms. The van der Waals surface area contributed by atoms with E-state index in [0.29, 0.717) is 16.7 Å². The Labute approximate surface area is 172 Å². The minimum absolute atomic E-state index is 0.0985. The zero-order valence-electron chi connectivity index (χ0n) is 16.2. The molecule has 0 unspecified atom stereocenters. The number of carbonyl (C=O) groups is 2. The van der Waals surface area contributed by atoms with E-state index in [1.165, 1.54) is 6.07 Å². The molecule has 0 aliphatic rings. The Hall–Kier alpha value is -3.06. The van der Waals surface area contributed by atoms with Crippen LogP contribution in [0.15, 0.2) is 36.5 Å². The number of hydrogen-bond donors (Lipinski definition) is 1. The molecular formula is C21H20ClFN2O4. The third-order valence-corrected chi connectivity index (χ3v) is 4.78. The van der Waals surface area contributed by atoms with E-state index in [4.69, 9.17) is 21.1 Å². The van der Waals surface area contributed by atoms with Crippen LogP contribution in [0.25, 0.3) is 10.9 Å². The van der Waals surface area contributed by atoms with Gasteiger partial charge in [0.1, 0.15) is 11.6 Å². The highest BCUT2D eigenvalue weighted by Crippen LogP contribution is 2.29. The predicted molar refractivity (Wildman–Crippen MR) is 109 cm³/mol. The highest BCUT2D eigenvalue weighted by Gasteiger charge is 2.18. The molecule has 2 aromatic carbocycles. The summed E-state index contributed by atoms with van der Waals surface area (Å²) in [5.41, 5.74) is 1.45. The Morgan fingerprint density at radius 3 is 2.69 bits per heavy atom. The fraction of sp³-hybridized carbons (Fsp3) is 0.238. The van der Waals surface area contributed by atoms with E-state index >= 15 is 0 Å². The molecule has 1 amide bonds. The third kappa shape index (κ3) is 4.35. The monoisotopic (exact) mass is 418 g/mol. The highest BCUT2D eigenvalue weighted by atomic mass is 35.5. The summed E-state index contributed by atoms with van der Waals surface area (Å²) in [5, 5.41) is 3.45. The van der Waals surface area contributed by atoms with Gasteiger partial charge in [0, 0.05) is 29.7 Å². The van der Waals surface area contributed by atoms with Crippen LogP contribution in [0.4, 0.5) is 10.1 Å². The van der Waals surface area contributed by atoms with Gasteiger partial charge in [-0.05, 0) is 37.3 Å². The normalized spacial score (nSPS) is 10.8. The molecule has 6 nitrogen and oxygen atoms in total. The molecule has 0 radical (unpaired) electrons. The smallest absolute Gasteiger partial charge is 0.310 e. The van der Waals surface area contributed by atoms with E-state index in [1.807, 2.05) is 17.7 Å². The van der Waals surface area contributed by atoms with Crippen molar-refractivity contribution in [1.29, 1.82) is 0 Å². The van der Waals surface area contributed by atoms with Crippen LogP contribution in [0.1, 0.15) is 22.8 Å². The number of hydrogen-bond acceptors (Lipinski definition) is 4. The lowest BCUT2D eigenvalue weighted by Gasteiger charge is -2.10. The van der Waals surface area contributed by atoms with Crippen LogP contribution in [0, 0.1) is 5.82 Å². The number of aromatic nitrogens is 1. The van der Waals surface area contributed by atoms with Gasteiger partial charge in [-0.25, -0.2) is 4.39 Å². The molecule has 1 aromatic heterocycles. The molecule has 0 saturated heterocycles. The van der Waals surface area contributed by atoms with E-state index in [2.05, 4.69) is 5.32 Å². The van der Waals surface area contributed by atoms with Crippen LogP contribution in [0.3, 0.4) is 0 Å². The van der Waals surface area contributed by atoms with Crippen molar-refractivity contribution < 1.29 is 23.5 Å². The van der Waals surface area contributed by atoms with E-state index in [9.17, 15) is 14.0 Å². The Morgan fingerprint density at radius 2 is 2.00 bits per heavy atom. The minimum atomic E-state index is -0.655. The Morgan fingerprint density at radius 1 is 1.24 bits per heavy atom. The molecule has 0 aliphatic heterocycles. The largest absolute Gasteiger partial charge is 0.497 e. The maximum atomic E-state index is 14.4. The molecule has 0 aliphatic carbocycles. The maximum Gasteiger partial charge on any atom is 0.310 e. The summed E-state index contributed by atoms with van der Waals surface area (Å²) in [5.74, 6) is -1.03. The van der Waals surface area contributed by atoms with Gasteiger partial charge >= 0.3 is 5.97 Å². The quantitative estimate of drug-likeness (QED) is 0.605. The Balaban J connectivity index is 1.88. The first kappa shape index (κ1) is 20.7. The van der Waals surface area contributed by atoms with Gasteiger partial charge in [0.15, 0.2) is 0 Å². The number of carbonyl (C=O) groups excluding carboxylic acids is 2. The molecule has 0 saturated carbocycles. The lowest BCUT2D eigenvalue weighted by atomic mass is 10.1. The summed E-state index contributed by atoms with van der Waals surface area (Å²) in [7, 11) is 3.37. The summed E-state index contributed by atoms with van der Waals surface area (Å²) in [6.45, 7) is 1.88. The van der Waals surface area contributed by atoms with Gasteiger partial charge < -0.3 is 19.4 Å². The number of benzene rings is 2. The van der Waals surface area contributed by atoms with Crippen molar-refractivity contribution in [3.63, 3.8) is 0 Å². The SMILES string of the molecule is CCOC(=O)Cc1cc(Cl)c(NC(=O)c2cn(C)c3ccc(OC)cc23)cc1F. The maximum absolute atomic E-state index is 14.4. The fourth-order valence-corrected chi connectivity index (χ4v) is 3.29. The van der Waals surface area contributed by atoms with Crippen LogP contribution in [0.2, 0.25) is 5.02 Å². The zero-order valence-corrected chi connectivity index (χ0v) is 17.0. The molecule has 3 rings (SSSR count). The third-order valence-electron chi connectivity index (χ3n) is 4.47. The van der Waals surface area contributed by atoms with E-state index in [1.54, 1.807) is 32.4 Å². The molecule has 152 valence electrons. The van der Waals surface area contributed by atoms with Crippen LogP contribution in [-0.2, 0) is 23.0 Å². The van der Waals surface area contributed by atoms with Gasteiger partial charge in [-0.3, -0.25) is 9.59 Å². The van der Waals surface area contributed by atoms with E-state index in [-0.39, 0.29) is 29.3 Å². The number of rotatable bonds is 6. The topological polar surface area (TPSA) is 69.6 Å². The standard InChI is InChI=1S/C21H20ClFN2O4/c1-4-29-20(26)8-12-7-16(22)18(10-17(12)23)24-21(27)15-11-25(2)19-6-5-13(28-3)9-14(15)19/h5-7,9-11H,4,8H2,1-3H3,(H,24,27). The summed E-state index contributed by atoms with van der Waals surface area (Å²) >= 11 is 6.21. The molecule has 0 fully saturated rings. The molecule has 1 heterocycles. The molecule has 1 N–H and O–H groups in total. The minimum Gasteiger partial charge on any atom is -0.497 e.